The number of aryl methyl sites for hydroxylation is 1. The first-order chi connectivity index (χ1) is 8.01. The number of nitrogens with two attached hydrogens (primary N) is 1. The maximum atomic E-state index is 10.3. The molecule has 1 heterocycles. The average molecular weight is 236 g/mol. The summed E-state index contributed by atoms with van der Waals surface area (Å²) in [4.78, 5) is 0. The molecule has 0 aliphatic carbocycles. The van der Waals surface area contributed by atoms with Gasteiger partial charge in [-0.1, -0.05) is 6.07 Å². The number of anilines is 2. The summed E-state index contributed by atoms with van der Waals surface area (Å²) in [5, 5.41) is 13.5. The Labute approximate surface area is 102 Å². The van der Waals surface area contributed by atoms with Crippen LogP contribution in [0.1, 0.15) is 18.9 Å². The summed E-state index contributed by atoms with van der Waals surface area (Å²) in [7, 11) is 0. The van der Waals surface area contributed by atoms with Gasteiger partial charge < -0.3 is 20.9 Å². The minimum atomic E-state index is -0.794. The van der Waals surface area contributed by atoms with Crippen LogP contribution >= 0.6 is 0 Å². The van der Waals surface area contributed by atoms with Gasteiger partial charge in [0.1, 0.15) is 5.60 Å². The van der Waals surface area contributed by atoms with Gasteiger partial charge in [-0.05, 0) is 31.5 Å². The van der Waals surface area contributed by atoms with E-state index in [0.717, 1.165) is 11.3 Å². The van der Waals surface area contributed by atoms with Gasteiger partial charge in [-0.25, -0.2) is 0 Å². The molecule has 2 rings (SSSR count). The maximum absolute atomic E-state index is 10.3. The van der Waals surface area contributed by atoms with Crippen LogP contribution < -0.4 is 11.1 Å². The molecular formula is C13H20N2O2. The number of rotatable bonds is 3. The minimum Gasteiger partial charge on any atom is -0.397 e. The normalized spacial score (nSPS) is 28.3. The van der Waals surface area contributed by atoms with Crippen LogP contribution in [0.25, 0.3) is 0 Å². The highest BCUT2D eigenvalue weighted by Gasteiger charge is 2.39. The third-order valence-corrected chi connectivity index (χ3v) is 3.45. The van der Waals surface area contributed by atoms with E-state index in [0.29, 0.717) is 25.3 Å². The molecule has 1 aliphatic heterocycles. The van der Waals surface area contributed by atoms with Gasteiger partial charge in [0.15, 0.2) is 0 Å². The quantitative estimate of drug-likeness (QED) is 0.696. The van der Waals surface area contributed by atoms with Gasteiger partial charge in [0, 0.05) is 19.6 Å². The highest BCUT2D eigenvalue weighted by Crippen LogP contribution is 2.27. The highest BCUT2D eigenvalue weighted by molar-refractivity contribution is 5.67. The van der Waals surface area contributed by atoms with Crippen molar-refractivity contribution in [1.29, 1.82) is 0 Å². The standard InChI is InChI=1S/C13H20N2O2/c1-9-3-4-12(11(14)7-9)15-8-13(16)5-6-17-10(13)2/h3-4,7,10,15-16H,5-6,8,14H2,1-2H3. The second-order valence-electron chi connectivity index (χ2n) is 4.81. The third-order valence-electron chi connectivity index (χ3n) is 3.45. The topological polar surface area (TPSA) is 67.5 Å². The van der Waals surface area contributed by atoms with Gasteiger partial charge in [-0.15, -0.1) is 0 Å². The average Bonchev–Trinajstić information content (AvgIpc) is 2.59. The number of hydrogen-bond donors (Lipinski definition) is 3. The number of hydrogen-bond acceptors (Lipinski definition) is 4. The second kappa shape index (κ2) is 4.55. The molecule has 17 heavy (non-hydrogen) atoms. The van der Waals surface area contributed by atoms with Crippen LogP contribution in [0.3, 0.4) is 0 Å². The predicted octanol–water partition coefficient (Wildman–Crippen LogP) is 1.53. The molecule has 0 aromatic heterocycles. The molecule has 4 heteroatoms. The van der Waals surface area contributed by atoms with E-state index in [1.807, 2.05) is 32.0 Å². The Bertz CT molecular complexity index is 408. The smallest absolute Gasteiger partial charge is 0.110 e. The lowest BCUT2D eigenvalue weighted by Gasteiger charge is -2.27. The van der Waals surface area contributed by atoms with Gasteiger partial charge in [0.25, 0.3) is 0 Å². The molecule has 1 aromatic rings. The van der Waals surface area contributed by atoms with E-state index in [4.69, 9.17) is 10.5 Å². The molecule has 0 amide bonds. The van der Waals surface area contributed by atoms with E-state index in [-0.39, 0.29) is 6.10 Å². The van der Waals surface area contributed by atoms with Gasteiger partial charge in [-0.2, -0.15) is 0 Å². The van der Waals surface area contributed by atoms with Crippen LogP contribution in [0.2, 0.25) is 0 Å². The van der Waals surface area contributed by atoms with Crippen molar-refractivity contribution in [3.63, 3.8) is 0 Å². The van der Waals surface area contributed by atoms with Gasteiger partial charge in [0.2, 0.25) is 0 Å². The number of nitrogen functional groups attached to an aromatic ring is 1. The summed E-state index contributed by atoms with van der Waals surface area (Å²) >= 11 is 0. The van der Waals surface area contributed by atoms with Gasteiger partial charge >= 0.3 is 0 Å². The van der Waals surface area contributed by atoms with E-state index < -0.39 is 5.60 Å². The van der Waals surface area contributed by atoms with Gasteiger partial charge in [0.05, 0.1) is 17.5 Å². The first-order valence-electron chi connectivity index (χ1n) is 5.95. The summed E-state index contributed by atoms with van der Waals surface area (Å²) in [6, 6.07) is 5.85. The number of ether oxygens (including phenoxy) is 1. The SMILES string of the molecule is Cc1ccc(NCC2(O)CCOC2C)c(N)c1. The fourth-order valence-electron chi connectivity index (χ4n) is 2.09. The van der Waals surface area contributed by atoms with Crippen LogP contribution in [0.15, 0.2) is 18.2 Å². The van der Waals surface area contributed by atoms with Crippen molar-refractivity contribution in [2.75, 3.05) is 24.2 Å². The molecule has 94 valence electrons. The van der Waals surface area contributed by atoms with Crippen molar-refractivity contribution in [3.05, 3.63) is 23.8 Å². The summed E-state index contributed by atoms with van der Waals surface area (Å²) in [5.41, 5.74) is 7.82. The zero-order valence-electron chi connectivity index (χ0n) is 10.4. The molecule has 4 nitrogen and oxygen atoms in total. The van der Waals surface area contributed by atoms with Gasteiger partial charge in [-0.3, -0.25) is 0 Å². The van der Waals surface area contributed by atoms with E-state index in [1.54, 1.807) is 0 Å². The lowest BCUT2D eigenvalue weighted by molar-refractivity contribution is -0.0175. The van der Waals surface area contributed by atoms with E-state index in [2.05, 4.69) is 5.32 Å². The Morgan fingerprint density at radius 3 is 2.94 bits per heavy atom. The molecule has 1 aliphatic rings. The van der Waals surface area contributed by atoms with Crippen LogP contribution in [0, 0.1) is 6.92 Å². The largest absolute Gasteiger partial charge is 0.397 e. The summed E-state index contributed by atoms with van der Waals surface area (Å²) < 4.78 is 5.38. The lowest BCUT2D eigenvalue weighted by atomic mass is 9.96. The molecule has 0 radical (unpaired) electrons. The first kappa shape index (κ1) is 12.2. The monoisotopic (exact) mass is 236 g/mol. The van der Waals surface area contributed by atoms with Crippen molar-refractivity contribution in [1.82, 2.24) is 0 Å². The molecule has 1 saturated heterocycles. The zero-order valence-corrected chi connectivity index (χ0v) is 10.4. The summed E-state index contributed by atoms with van der Waals surface area (Å²) in [6.45, 7) is 4.97. The molecule has 0 bridgehead atoms. The Morgan fingerprint density at radius 1 is 1.59 bits per heavy atom. The van der Waals surface area contributed by atoms with Crippen molar-refractivity contribution >= 4 is 11.4 Å². The van der Waals surface area contributed by atoms with Crippen molar-refractivity contribution in [2.45, 2.75) is 32.0 Å². The van der Waals surface area contributed by atoms with Crippen LogP contribution in [-0.2, 0) is 4.74 Å². The van der Waals surface area contributed by atoms with E-state index in [1.165, 1.54) is 0 Å². The van der Waals surface area contributed by atoms with Crippen LogP contribution in [0.5, 0.6) is 0 Å². The highest BCUT2D eigenvalue weighted by atomic mass is 16.5. The molecule has 1 fully saturated rings. The van der Waals surface area contributed by atoms with Crippen molar-refractivity contribution in [2.24, 2.45) is 0 Å². The van der Waals surface area contributed by atoms with Crippen molar-refractivity contribution < 1.29 is 9.84 Å². The molecule has 0 spiro atoms. The Morgan fingerprint density at radius 2 is 2.35 bits per heavy atom. The fourth-order valence-corrected chi connectivity index (χ4v) is 2.09. The Balaban J connectivity index is 2.02. The first-order valence-corrected chi connectivity index (χ1v) is 5.95. The predicted molar refractivity (Wildman–Crippen MR) is 69.1 cm³/mol. The molecule has 2 atom stereocenters. The van der Waals surface area contributed by atoms with E-state index >= 15 is 0 Å². The zero-order chi connectivity index (χ0) is 12.5. The number of aliphatic hydroxyl groups is 1. The maximum Gasteiger partial charge on any atom is 0.110 e. The van der Waals surface area contributed by atoms with Crippen LogP contribution in [0.4, 0.5) is 11.4 Å². The molecule has 4 N–H and O–H groups in total. The Hall–Kier alpha value is -1.26. The van der Waals surface area contributed by atoms with E-state index in [9.17, 15) is 5.11 Å². The fraction of sp³-hybridized carbons (Fsp3) is 0.538. The second-order valence-corrected chi connectivity index (χ2v) is 4.81. The minimum absolute atomic E-state index is 0.137. The molecule has 2 unspecified atom stereocenters. The molecular weight excluding hydrogens is 216 g/mol. The molecule has 0 saturated carbocycles. The lowest BCUT2D eigenvalue weighted by Crippen LogP contribution is -2.43. The number of benzene rings is 1. The Kier molecular flexibility index (Phi) is 3.26. The van der Waals surface area contributed by atoms with Crippen LogP contribution in [-0.4, -0.2) is 30.0 Å². The van der Waals surface area contributed by atoms with Crippen molar-refractivity contribution in [3.8, 4) is 0 Å². The summed E-state index contributed by atoms with van der Waals surface area (Å²) in [6.07, 6.45) is 0.522. The molecule has 1 aromatic carbocycles. The summed E-state index contributed by atoms with van der Waals surface area (Å²) in [5.74, 6) is 0. The third kappa shape index (κ3) is 2.53. The number of nitrogens with one attached hydrogen (secondary N) is 1.